The molecule has 1 N–H and O–H groups in total. The van der Waals surface area contributed by atoms with E-state index in [1.807, 2.05) is 29.0 Å². The highest BCUT2D eigenvalue weighted by atomic mass is 16.5. The molecule has 4 aromatic rings. The average Bonchev–Trinajstić information content (AvgIpc) is 3.27. The van der Waals surface area contributed by atoms with Crippen molar-refractivity contribution in [3.8, 4) is 17.1 Å². The highest BCUT2D eigenvalue weighted by molar-refractivity contribution is 5.83. The molecule has 1 saturated carbocycles. The Morgan fingerprint density at radius 2 is 2.21 bits per heavy atom. The molecule has 3 heterocycles. The maximum Gasteiger partial charge on any atom is 0.259 e. The quantitative estimate of drug-likeness (QED) is 0.555. The molecule has 0 bridgehead atoms. The van der Waals surface area contributed by atoms with Crippen molar-refractivity contribution >= 4 is 10.9 Å². The lowest BCUT2D eigenvalue weighted by Gasteiger charge is -2.08. The summed E-state index contributed by atoms with van der Waals surface area (Å²) >= 11 is 0. The summed E-state index contributed by atoms with van der Waals surface area (Å²) in [6.45, 7) is 0.610. The molecule has 28 heavy (non-hydrogen) atoms. The smallest absolute Gasteiger partial charge is 0.259 e. The van der Waals surface area contributed by atoms with Crippen LogP contribution in [0.25, 0.3) is 22.3 Å². The fourth-order valence-corrected chi connectivity index (χ4v) is 3.29. The van der Waals surface area contributed by atoms with Gasteiger partial charge >= 0.3 is 0 Å². The molecule has 5 rings (SSSR count). The van der Waals surface area contributed by atoms with E-state index in [-0.39, 0.29) is 5.56 Å². The molecule has 1 aliphatic carbocycles. The summed E-state index contributed by atoms with van der Waals surface area (Å²) in [4.78, 5) is 24.4. The van der Waals surface area contributed by atoms with Crippen LogP contribution in [0.1, 0.15) is 30.5 Å². The van der Waals surface area contributed by atoms with Crippen LogP contribution in [-0.4, -0.2) is 31.8 Å². The Labute approximate surface area is 160 Å². The maximum absolute atomic E-state index is 12.7. The number of nitrogens with zero attached hydrogens (tertiary/aromatic N) is 4. The summed E-state index contributed by atoms with van der Waals surface area (Å²) in [6, 6.07) is 7.44. The fourth-order valence-electron chi connectivity index (χ4n) is 3.29. The number of methoxy groups -OCH3 is 1. The largest absolute Gasteiger partial charge is 0.497 e. The van der Waals surface area contributed by atoms with Gasteiger partial charge in [0.1, 0.15) is 11.6 Å². The second kappa shape index (κ2) is 6.63. The van der Waals surface area contributed by atoms with Gasteiger partial charge in [-0.25, -0.2) is 4.98 Å². The molecule has 0 radical (unpaired) electrons. The molecule has 3 aromatic heterocycles. The Hall–Kier alpha value is -3.42. The Morgan fingerprint density at radius 1 is 1.32 bits per heavy atom. The minimum atomic E-state index is -0.191. The Balaban J connectivity index is 1.42. The first-order chi connectivity index (χ1) is 13.7. The van der Waals surface area contributed by atoms with Gasteiger partial charge < -0.3 is 18.8 Å². The molecule has 0 unspecified atom stereocenters. The van der Waals surface area contributed by atoms with E-state index < -0.39 is 0 Å². The molecular formula is C20H19N5O3. The predicted octanol–water partition coefficient (Wildman–Crippen LogP) is 2.90. The number of nitrogens with one attached hydrogen (secondary N) is 1. The number of aromatic amines is 1. The zero-order valence-corrected chi connectivity index (χ0v) is 15.4. The number of rotatable bonds is 6. The van der Waals surface area contributed by atoms with Crippen LogP contribution in [0.3, 0.4) is 0 Å². The number of pyridine rings is 1. The topological polar surface area (TPSA) is 98.8 Å². The van der Waals surface area contributed by atoms with Crippen LogP contribution in [-0.2, 0) is 13.0 Å². The van der Waals surface area contributed by atoms with Crippen LogP contribution in [0.4, 0.5) is 0 Å². The van der Waals surface area contributed by atoms with Gasteiger partial charge in [-0.2, -0.15) is 4.98 Å². The van der Waals surface area contributed by atoms with Crippen molar-refractivity contribution in [2.45, 2.75) is 31.7 Å². The highest BCUT2D eigenvalue weighted by Crippen LogP contribution is 2.38. The van der Waals surface area contributed by atoms with Crippen molar-refractivity contribution in [2.75, 3.05) is 7.11 Å². The minimum Gasteiger partial charge on any atom is -0.497 e. The van der Waals surface area contributed by atoms with Gasteiger partial charge in [0.2, 0.25) is 5.89 Å². The summed E-state index contributed by atoms with van der Waals surface area (Å²) in [6.07, 6.45) is 6.42. The first-order valence-electron chi connectivity index (χ1n) is 9.26. The van der Waals surface area contributed by atoms with Gasteiger partial charge in [-0.3, -0.25) is 4.79 Å². The maximum atomic E-state index is 12.7. The van der Waals surface area contributed by atoms with Crippen molar-refractivity contribution in [2.24, 2.45) is 0 Å². The summed E-state index contributed by atoms with van der Waals surface area (Å²) in [7, 11) is 1.60. The van der Waals surface area contributed by atoms with Gasteiger partial charge in [0.05, 0.1) is 18.2 Å². The molecule has 0 aliphatic heterocycles. The second-order valence-electron chi connectivity index (χ2n) is 6.98. The second-order valence-corrected chi connectivity index (χ2v) is 6.98. The molecule has 0 spiro atoms. The molecular weight excluding hydrogens is 358 g/mol. The third-order valence-corrected chi connectivity index (χ3v) is 5.00. The SMILES string of the molecule is COc1ccc2cc(-c3nccn3CCc3noc(C4CC4)n3)c(=O)[nH]c2c1. The first-order valence-corrected chi connectivity index (χ1v) is 9.26. The molecule has 0 amide bonds. The lowest BCUT2D eigenvalue weighted by atomic mass is 10.1. The summed E-state index contributed by atoms with van der Waals surface area (Å²) in [5, 5.41) is 4.97. The van der Waals surface area contributed by atoms with Crippen molar-refractivity contribution in [3.63, 3.8) is 0 Å². The van der Waals surface area contributed by atoms with E-state index in [4.69, 9.17) is 9.26 Å². The minimum absolute atomic E-state index is 0.191. The first kappa shape index (κ1) is 16.7. The van der Waals surface area contributed by atoms with E-state index in [0.29, 0.717) is 41.8 Å². The molecule has 142 valence electrons. The van der Waals surface area contributed by atoms with Crippen LogP contribution in [0, 0.1) is 0 Å². The lowest BCUT2D eigenvalue weighted by Crippen LogP contribution is -2.13. The number of aromatic nitrogens is 5. The van der Waals surface area contributed by atoms with E-state index in [0.717, 1.165) is 29.6 Å². The number of benzene rings is 1. The van der Waals surface area contributed by atoms with Crippen molar-refractivity contribution in [1.82, 2.24) is 24.7 Å². The van der Waals surface area contributed by atoms with Gasteiger partial charge in [-0.15, -0.1) is 0 Å². The molecule has 0 atom stereocenters. The summed E-state index contributed by atoms with van der Waals surface area (Å²) < 4.78 is 12.5. The third-order valence-electron chi connectivity index (χ3n) is 5.00. The van der Waals surface area contributed by atoms with Gasteiger partial charge in [0, 0.05) is 37.3 Å². The number of hydrogen-bond donors (Lipinski definition) is 1. The molecule has 1 aromatic carbocycles. The van der Waals surface area contributed by atoms with Crippen LogP contribution in [0.2, 0.25) is 0 Å². The highest BCUT2D eigenvalue weighted by Gasteiger charge is 2.29. The van der Waals surface area contributed by atoms with Gasteiger partial charge in [0.15, 0.2) is 5.82 Å². The van der Waals surface area contributed by atoms with E-state index in [9.17, 15) is 4.79 Å². The molecule has 0 saturated heterocycles. The van der Waals surface area contributed by atoms with E-state index >= 15 is 0 Å². The van der Waals surface area contributed by atoms with Gasteiger partial charge in [0.25, 0.3) is 5.56 Å². The molecule has 1 aliphatic rings. The fraction of sp³-hybridized carbons (Fsp3) is 0.300. The normalized spacial score (nSPS) is 13.9. The van der Waals surface area contributed by atoms with Crippen LogP contribution >= 0.6 is 0 Å². The molecule has 1 fully saturated rings. The summed E-state index contributed by atoms with van der Waals surface area (Å²) in [5.74, 6) is 3.18. The lowest BCUT2D eigenvalue weighted by molar-refractivity contribution is 0.373. The van der Waals surface area contributed by atoms with E-state index in [1.54, 1.807) is 19.4 Å². The van der Waals surface area contributed by atoms with E-state index in [1.165, 1.54) is 0 Å². The van der Waals surface area contributed by atoms with Crippen molar-refractivity contribution in [3.05, 3.63) is 58.7 Å². The Morgan fingerprint density at radius 3 is 3.04 bits per heavy atom. The monoisotopic (exact) mass is 377 g/mol. The van der Waals surface area contributed by atoms with Crippen LogP contribution in [0.15, 0.2) is 46.0 Å². The van der Waals surface area contributed by atoms with Crippen LogP contribution < -0.4 is 10.3 Å². The number of ether oxygens (including phenoxy) is 1. The predicted molar refractivity (Wildman–Crippen MR) is 102 cm³/mol. The molecule has 8 heteroatoms. The zero-order valence-electron chi connectivity index (χ0n) is 15.4. The number of hydrogen-bond acceptors (Lipinski definition) is 6. The third kappa shape index (κ3) is 3.06. The Bertz CT molecular complexity index is 1200. The van der Waals surface area contributed by atoms with Crippen LogP contribution in [0.5, 0.6) is 5.75 Å². The zero-order chi connectivity index (χ0) is 19.1. The number of imidazole rings is 1. The van der Waals surface area contributed by atoms with Gasteiger partial charge in [-0.1, -0.05) is 5.16 Å². The van der Waals surface area contributed by atoms with Gasteiger partial charge in [-0.05, 0) is 36.4 Å². The standard InChI is InChI=1S/C20H19N5O3/c1-27-14-5-4-13-10-15(19(26)22-16(13)11-14)18-21-7-9-25(18)8-6-17-23-20(28-24-17)12-2-3-12/h4-5,7,9-12H,2-3,6,8H2,1H3,(H,22,26). The van der Waals surface area contributed by atoms with E-state index in [2.05, 4.69) is 20.1 Å². The average molecular weight is 377 g/mol. The summed E-state index contributed by atoms with van der Waals surface area (Å²) in [5.41, 5.74) is 1.06. The molecule has 8 nitrogen and oxygen atoms in total. The number of H-pyrrole nitrogens is 1. The van der Waals surface area contributed by atoms with Crippen molar-refractivity contribution < 1.29 is 9.26 Å². The Kier molecular flexibility index (Phi) is 3.96. The van der Waals surface area contributed by atoms with Crippen molar-refractivity contribution in [1.29, 1.82) is 0 Å². The number of fused-ring (bicyclic) bond motifs is 1. The number of aryl methyl sites for hydroxylation is 2.